The minimum absolute atomic E-state index is 0.230. The van der Waals surface area contributed by atoms with Crippen LogP contribution in [0.1, 0.15) is 25.3 Å². The van der Waals surface area contributed by atoms with Gasteiger partial charge in [0.25, 0.3) is 0 Å². The molecule has 0 aliphatic carbocycles. The molecule has 0 fully saturated rings. The zero-order valence-electron chi connectivity index (χ0n) is 11.7. The van der Waals surface area contributed by atoms with Gasteiger partial charge in [0.2, 0.25) is 0 Å². The van der Waals surface area contributed by atoms with Crippen molar-refractivity contribution in [2.45, 2.75) is 32.3 Å². The van der Waals surface area contributed by atoms with Crippen molar-refractivity contribution in [2.75, 3.05) is 27.2 Å². The lowest BCUT2D eigenvalue weighted by Gasteiger charge is -2.11. The van der Waals surface area contributed by atoms with E-state index in [1.165, 1.54) is 5.56 Å². The second-order valence-electron chi connectivity index (χ2n) is 5.04. The molecule has 1 unspecified atom stereocenters. The molecule has 0 bridgehead atoms. The molecule has 3 heteroatoms. The van der Waals surface area contributed by atoms with E-state index in [4.69, 9.17) is 4.74 Å². The highest BCUT2D eigenvalue weighted by atomic mass is 16.5. The smallest absolute Gasteiger partial charge is 0.119 e. The zero-order valence-corrected chi connectivity index (χ0v) is 11.7. The Bertz CT molecular complexity index is 320. The Kier molecular flexibility index (Phi) is 6.76. The van der Waals surface area contributed by atoms with Crippen molar-refractivity contribution in [1.82, 2.24) is 4.90 Å². The molecule has 1 atom stereocenters. The number of ether oxygens (including phenoxy) is 1. The second kappa shape index (κ2) is 8.11. The van der Waals surface area contributed by atoms with Crippen LogP contribution in [-0.4, -0.2) is 43.4 Å². The topological polar surface area (TPSA) is 32.7 Å². The molecule has 1 rings (SSSR count). The summed E-state index contributed by atoms with van der Waals surface area (Å²) in [4.78, 5) is 2.16. The van der Waals surface area contributed by atoms with Gasteiger partial charge in [-0.1, -0.05) is 12.1 Å². The molecule has 0 saturated heterocycles. The molecule has 0 radical (unpaired) electrons. The van der Waals surface area contributed by atoms with Crippen molar-refractivity contribution in [3.05, 3.63) is 29.8 Å². The first-order valence-corrected chi connectivity index (χ1v) is 6.62. The third-order valence-corrected chi connectivity index (χ3v) is 2.79. The average Bonchev–Trinajstić information content (AvgIpc) is 2.33. The summed E-state index contributed by atoms with van der Waals surface area (Å²) in [5.41, 5.74) is 1.25. The van der Waals surface area contributed by atoms with Gasteiger partial charge in [-0.15, -0.1) is 0 Å². The Balaban J connectivity index is 2.27. The lowest BCUT2D eigenvalue weighted by Crippen LogP contribution is -2.15. The van der Waals surface area contributed by atoms with Gasteiger partial charge in [-0.3, -0.25) is 0 Å². The number of benzene rings is 1. The maximum Gasteiger partial charge on any atom is 0.119 e. The molecule has 1 N–H and O–H groups in total. The van der Waals surface area contributed by atoms with E-state index in [2.05, 4.69) is 31.1 Å². The lowest BCUT2D eigenvalue weighted by atomic mass is 10.1. The molecule has 0 spiro atoms. The molecule has 0 aromatic heterocycles. The molecule has 0 saturated carbocycles. The second-order valence-corrected chi connectivity index (χ2v) is 5.04. The van der Waals surface area contributed by atoms with Gasteiger partial charge in [0.15, 0.2) is 0 Å². The van der Waals surface area contributed by atoms with Crippen molar-refractivity contribution in [3.8, 4) is 5.75 Å². The van der Waals surface area contributed by atoms with Crippen LogP contribution < -0.4 is 4.74 Å². The molecular formula is C15H25NO2. The molecule has 0 heterocycles. The summed E-state index contributed by atoms with van der Waals surface area (Å²) in [6.07, 6.45) is 2.53. The number of hydrogen-bond acceptors (Lipinski definition) is 3. The highest BCUT2D eigenvalue weighted by molar-refractivity contribution is 5.27. The Morgan fingerprint density at radius 2 is 1.89 bits per heavy atom. The molecule has 0 aliphatic rings. The van der Waals surface area contributed by atoms with E-state index in [0.29, 0.717) is 0 Å². The average molecular weight is 251 g/mol. The Morgan fingerprint density at radius 1 is 1.22 bits per heavy atom. The fourth-order valence-corrected chi connectivity index (χ4v) is 1.70. The zero-order chi connectivity index (χ0) is 13.4. The van der Waals surface area contributed by atoms with Crippen LogP contribution in [0.25, 0.3) is 0 Å². The van der Waals surface area contributed by atoms with Gasteiger partial charge in [-0.05, 0) is 58.0 Å². The highest BCUT2D eigenvalue weighted by Crippen LogP contribution is 2.14. The van der Waals surface area contributed by atoms with Crippen LogP contribution in [0.3, 0.4) is 0 Å². The van der Waals surface area contributed by atoms with Crippen LogP contribution in [0.15, 0.2) is 24.3 Å². The first-order valence-electron chi connectivity index (χ1n) is 6.62. The number of aryl methyl sites for hydroxylation is 1. The molecule has 1 aromatic carbocycles. The van der Waals surface area contributed by atoms with Crippen molar-refractivity contribution in [3.63, 3.8) is 0 Å². The Hall–Kier alpha value is -1.06. The van der Waals surface area contributed by atoms with Crippen LogP contribution in [0, 0.1) is 0 Å². The number of nitrogens with zero attached hydrogens (tertiary/aromatic N) is 1. The maximum absolute atomic E-state index is 9.23. The van der Waals surface area contributed by atoms with Gasteiger partial charge in [-0.2, -0.15) is 0 Å². The summed E-state index contributed by atoms with van der Waals surface area (Å²) in [6.45, 7) is 3.62. The minimum Gasteiger partial charge on any atom is -0.494 e. The summed E-state index contributed by atoms with van der Waals surface area (Å²) < 4.78 is 5.66. The van der Waals surface area contributed by atoms with Gasteiger partial charge in [-0.25, -0.2) is 0 Å². The van der Waals surface area contributed by atoms with Crippen LogP contribution in [-0.2, 0) is 6.42 Å². The molecule has 18 heavy (non-hydrogen) atoms. The van der Waals surface area contributed by atoms with Crippen molar-refractivity contribution < 1.29 is 9.84 Å². The highest BCUT2D eigenvalue weighted by Gasteiger charge is 1.99. The number of hydrogen-bond donors (Lipinski definition) is 1. The van der Waals surface area contributed by atoms with E-state index in [0.717, 1.165) is 38.2 Å². The Morgan fingerprint density at radius 3 is 2.44 bits per heavy atom. The number of rotatable bonds is 8. The molecule has 0 aliphatic heterocycles. The quantitative estimate of drug-likeness (QED) is 0.720. The van der Waals surface area contributed by atoms with Crippen LogP contribution >= 0.6 is 0 Å². The first-order chi connectivity index (χ1) is 8.58. The number of aliphatic hydroxyl groups excluding tert-OH is 1. The molecular weight excluding hydrogens is 226 g/mol. The number of aliphatic hydroxyl groups is 1. The molecule has 1 aromatic rings. The van der Waals surface area contributed by atoms with Crippen LogP contribution in [0.4, 0.5) is 0 Å². The summed E-state index contributed by atoms with van der Waals surface area (Å²) in [5.74, 6) is 0.926. The summed E-state index contributed by atoms with van der Waals surface area (Å²) >= 11 is 0. The predicted molar refractivity (Wildman–Crippen MR) is 75.1 cm³/mol. The van der Waals surface area contributed by atoms with Gasteiger partial charge < -0.3 is 14.7 Å². The van der Waals surface area contributed by atoms with E-state index in [1.54, 1.807) is 0 Å². The Labute approximate surface area is 110 Å². The van der Waals surface area contributed by atoms with E-state index in [9.17, 15) is 5.11 Å². The fraction of sp³-hybridized carbons (Fsp3) is 0.600. The third-order valence-electron chi connectivity index (χ3n) is 2.79. The first kappa shape index (κ1) is 15.0. The van der Waals surface area contributed by atoms with Crippen molar-refractivity contribution in [2.24, 2.45) is 0 Å². The largest absolute Gasteiger partial charge is 0.494 e. The van der Waals surface area contributed by atoms with Gasteiger partial charge in [0, 0.05) is 6.54 Å². The summed E-state index contributed by atoms with van der Waals surface area (Å²) in [5, 5.41) is 9.23. The molecule has 3 nitrogen and oxygen atoms in total. The van der Waals surface area contributed by atoms with Gasteiger partial charge >= 0.3 is 0 Å². The SMILES string of the molecule is CC(O)CCc1ccc(OCCCN(C)C)cc1. The maximum atomic E-state index is 9.23. The minimum atomic E-state index is -0.230. The van der Waals surface area contributed by atoms with Gasteiger partial charge in [0.05, 0.1) is 12.7 Å². The van der Waals surface area contributed by atoms with E-state index < -0.39 is 0 Å². The van der Waals surface area contributed by atoms with Crippen molar-refractivity contribution >= 4 is 0 Å². The van der Waals surface area contributed by atoms with Gasteiger partial charge in [0.1, 0.15) is 5.75 Å². The third kappa shape index (κ3) is 6.62. The van der Waals surface area contributed by atoms with Crippen molar-refractivity contribution in [1.29, 1.82) is 0 Å². The summed E-state index contributed by atoms with van der Waals surface area (Å²) in [7, 11) is 4.13. The lowest BCUT2D eigenvalue weighted by molar-refractivity contribution is 0.185. The standard InChI is InChI=1S/C15H25NO2/c1-13(17)5-6-14-7-9-15(10-8-14)18-12-4-11-16(2)3/h7-10,13,17H,4-6,11-12H2,1-3H3. The van der Waals surface area contributed by atoms with Crippen LogP contribution in [0.2, 0.25) is 0 Å². The van der Waals surface area contributed by atoms with E-state index >= 15 is 0 Å². The van der Waals surface area contributed by atoms with E-state index in [1.807, 2.05) is 19.1 Å². The monoisotopic (exact) mass is 251 g/mol. The normalized spacial score (nSPS) is 12.7. The fourth-order valence-electron chi connectivity index (χ4n) is 1.70. The van der Waals surface area contributed by atoms with E-state index in [-0.39, 0.29) is 6.10 Å². The van der Waals surface area contributed by atoms with Crippen LogP contribution in [0.5, 0.6) is 5.75 Å². The molecule has 0 amide bonds. The predicted octanol–water partition coefficient (Wildman–Crippen LogP) is 2.33. The molecule has 102 valence electrons. The summed E-state index contributed by atoms with van der Waals surface area (Å²) in [6, 6.07) is 8.16.